The zero-order valence-electron chi connectivity index (χ0n) is 12.2. The Kier molecular flexibility index (Phi) is 3.76. The van der Waals surface area contributed by atoms with Gasteiger partial charge < -0.3 is 30.9 Å². The van der Waals surface area contributed by atoms with Crippen LogP contribution in [0.1, 0.15) is 6.42 Å². The van der Waals surface area contributed by atoms with E-state index in [9.17, 15) is 30.0 Å². The van der Waals surface area contributed by atoms with Crippen molar-refractivity contribution in [3.8, 4) is 0 Å². The summed E-state index contributed by atoms with van der Waals surface area (Å²) in [4.78, 5) is 33.1. The molecule has 0 amide bonds. The van der Waals surface area contributed by atoms with Crippen molar-refractivity contribution in [2.24, 2.45) is 0 Å². The van der Waals surface area contributed by atoms with E-state index in [1.165, 1.54) is 0 Å². The number of carboxylic acids is 1. The molecule has 0 spiro atoms. The van der Waals surface area contributed by atoms with Gasteiger partial charge in [-0.2, -0.15) is 4.98 Å². The van der Waals surface area contributed by atoms with Gasteiger partial charge in [-0.15, -0.1) is 0 Å². The number of aliphatic hydroxyl groups excluding tert-OH is 3. The van der Waals surface area contributed by atoms with Crippen LogP contribution in [0.25, 0.3) is 11.2 Å². The first-order valence-corrected chi connectivity index (χ1v) is 6.90. The lowest BCUT2D eigenvalue weighted by molar-refractivity contribution is -0.171. The molecule has 1 saturated heterocycles. The van der Waals surface area contributed by atoms with Gasteiger partial charge in [0.05, 0.1) is 19.4 Å². The predicted octanol–water partition coefficient (Wildman–Crippen LogP) is -3.06. The maximum Gasteiger partial charge on any atom is 0.308 e. The Hall–Kier alpha value is -2.54. The van der Waals surface area contributed by atoms with E-state index in [2.05, 4.69) is 15.0 Å². The highest BCUT2D eigenvalue weighted by Crippen LogP contribution is 2.39. The quantitative estimate of drug-likeness (QED) is 0.332. The molecule has 0 aliphatic carbocycles. The van der Waals surface area contributed by atoms with Crippen LogP contribution in [0.15, 0.2) is 11.1 Å². The molecule has 12 heteroatoms. The second-order valence-electron chi connectivity index (χ2n) is 5.43. The number of nitrogens with two attached hydrogens (primary N) is 1. The summed E-state index contributed by atoms with van der Waals surface area (Å²) in [6, 6.07) is 0. The Morgan fingerprint density at radius 3 is 2.79 bits per heavy atom. The number of hydrogen-bond acceptors (Lipinski definition) is 9. The molecule has 1 fully saturated rings. The molecule has 0 radical (unpaired) electrons. The number of nitrogen functional groups attached to an aromatic ring is 1. The molecular formula is C12H15N5O7. The topological polar surface area (TPSA) is 197 Å². The highest BCUT2D eigenvalue weighted by atomic mass is 16.6. The number of aliphatic hydroxyl groups is 3. The summed E-state index contributed by atoms with van der Waals surface area (Å²) in [7, 11) is 0. The number of aliphatic carboxylic acids is 1. The third-order valence-electron chi connectivity index (χ3n) is 3.94. The van der Waals surface area contributed by atoms with Crippen LogP contribution in [0, 0.1) is 0 Å². The average molecular weight is 341 g/mol. The molecule has 0 saturated carbocycles. The molecule has 1 aliphatic rings. The lowest BCUT2D eigenvalue weighted by Crippen LogP contribution is -2.47. The van der Waals surface area contributed by atoms with Crippen LogP contribution in [0.2, 0.25) is 0 Å². The van der Waals surface area contributed by atoms with E-state index in [0.717, 1.165) is 10.9 Å². The van der Waals surface area contributed by atoms with Crippen molar-refractivity contribution < 1.29 is 30.0 Å². The van der Waals surface area contributed by atoms with Crippen molar-refractivity contribution in [1.82, 2.24) is 19.5 Å². The van der Waals surface area contributed by atoms with Crippen molar-refractivity contribution in [2.75, 3.05) is 12.3 Å². The number of carbonyl (C=O) groups is 1. The number of H-pyrrole nitrogens is 1. The maximum absolute atomic E-state index is 11.9. The molecule has 1 aliphatic heterocycles. The molecule has 24 heavy (non-hydrogen) atoms. The van der Waals surface area contributed by atoms with Crippen molar-refractivity contribution >= 4 is 23.1 Å². The molecule has 0 aromatic carbocycles. The van der Waals surface area contributed by atoms with Crippen LogP contribution in [0.5, 0.6) is 0 Å². The molecule has 4 atom stereocenters. The fraction of sp³-hybridized carbons (Fsp3) is 0.500. The Balaban J connectivity index is 2.25. The van der Waals surface area contributed by atoms with Gasteiger partial charge in [-0.1, -0.05) is 0 Å². The number of rotatable bonds is 4. The molecule has 3 rings (SSSR count). The smallest absolute Gasteiger partial charge is 0.308 e. The van der Waals surface area contributed by atoms with E-state index in [1.54, 1.807) is 0 Å². The van der Waals surface area contributed by atoms with Crippen LogP contribution in [-0.2, 0) is 15.3 Å². The molecule has 130 valence electrons. The van der Waals surface area contributed by atoms with Crippen LogP contribution in [0.4, 0.5) is 5.95 Å². The summed E-state index contributed by atoms with van der Waals surface area (Å²) >= 11 is 0. The number of nitrogens with one attached hydrogen (secondary N) is 1. The Bertz CT molecular complexity index is 848. The standard InChI is InChI=1S/C12H15N5O7/c13-11-15-9-6(10(23)16-11)14-3-17(9)12(1-5(19)20)8(22)7(21)4(2-18)24-12/h3-4,7-8,18,21-22H,1-2H2,(H,19,20)(H3,13,15,16,23)/t4-,7-,8-,12-/m1/s1. The van der Waals surface area contributed by atoms with E-state index < -0.39 is 48.6 Å². The number of aromatic amines is 1. The zero-order valence-corrected chi connectivity index (χ0v) is 12.2. The minimum absolute atomic E-state index is 0.123. The monoisotopic (exact) mass is 341 g/mol. The number of carboxylic acid groups (broad SMARTS) is 1. The predicted molar refractivity (Wildman–Crippen MR) is 76.8 cm³/mol. The van der Waals surface area contributed by atoms with Gasteiger partial charge in [-0.25, -0.2) is 4.98 Å². The summed E-state index contributed by atoms with van der Waals surface area (Å²) in [6.07, 6.45) is -4.21. The maximum atomic E-state index is 11.9. The summed E-state index contributed by atoms with van der Waals surface area (Å²) in [5.74, 6) is -1.59. The van der Waals surface area contributed by atoms with Crippen LogP contribution in [-0.4, -0.2) is 70.8 Å². The molecule has 12 nitrogen and oxygen atoms in total. The fourth-order valence-electron chi connectivity index (χ4n) is 2.87. The number of ether oxygens (including phenoxy) is 1. The molecule has 7 N–H and O–H groups in total. The zero-order chi connectivity index (χ0) is 17.6. The van der Waals surface area contributed by atoms with Crippen LogP contribution in [0.3, 0.4) is 0 Å². The molecule has 2 aromatic heterocycles. The lowest BCUT2D eigenvalue weighted by Gasteiger charge is -2.32. The van der Waals surface area contributed by atoms with Crippen LogP contribution >= 0.6 is 0 Å². The third-order valence-corrected chi connectivity index (χ3v) is 3.94. The Labute approximate surface area is 133 Å². The largest absolute Gasteiger partial charge is 0.481 e. The van der Waals surface area contributed by atoms with Gasteiger partial charge in [-0.05, 0) is 0 Å². The van der Waals surface area contributed by atoms with Crippen molar-refractivity contribution in [3.05, 3.63) is 16.7 Å². The van der Waals surface area contributed by atoms with Crippen molar-refractivity contribution in [3.63, 3.8) is 0 Å². The van der Waals surface area contributed by atoms with Gasteiger partial charge >= 0.3 is 5.97 Å². The highest BCUT2D eigenvalue weighted by Gasteiger charge is 2.57. The fourth-order valence-corrected chi connectivity index (χ4v) is 2.87. The van der Waals surface area contributed by atoms with Gasteiger partial charge in [-0.3, -0.25) is 19.1 Å². The number of anilines is 1. The normalized spacial score (nSPS) is 30.0. The van der Waals surface area contributed by atoms with Gasteiger partial charge in [0.1, 0.15) is 18.3 Å². The van der Waals surface area contributed by atoms with E-state index in [4.69, 9.17) is 10.5 Å². The third kappa shape index (κ3) is 2.24. The van der Waals surface area contributed by atoms with Gasteiger partial charge in [0, 0.05) is 0 Å². The number of imidazole rings is 1. The molecular weight excluding hydrogens is 326 g/mol. The summed E-state index contributed by atoms with van der Waals surface area (Å²) in [5.41, 5.74) is 2.55. The van der Waals surface area contributed by atoms with Gasteiger partial charge in [0.25, 0.3) is 5.56 Å². The summed E-state index contributed by atoms with van der Waals surface area (Å²) < 4.78 is 6.50. The van der Waals surface area contributed by atoms with Crippen molar-refractivity contribution in [2.45, 2.75) is 30.5 Å². The summed E-state index contributed by atoms with van der Waals surface area (Å²) in [6.45, 7) is -0.650. The minimum atomic E-state index is -2.01. The van der Waals surface area contributed by atoms with E-state index in [0.29, 0.717) is 0 Å². The van der Waals surface area contributed by atoms with Gasteiger partial charge in [0.2, 0.25) is 5.95 Å². The number of fused-ring (bicyclic) bond motifs is 1. The molecule has 0 unspecified atom stereocenters. The molecule has 2 aromatic rings. The SMILES string of the molecule is Nc1nc2c(ncn2[C@]2(CC(=O)O)O[C@H](CO)[C@@H](O)[C@H]2O)c(=O)[nH]1. The van der Waals surface area contributed by atoms with E-state index in [-0.39, 0.29) is 17.1 Å². The Morgan fingerprint density at radius 1 is 1.50 bits per heavy atom. The Morgan fingerprint density at radius 2 is 2.21 bits per heavy atom. The first-order valence-electron chi connectivity index (χ1n) is 6.90. The minimum Gasteiger partial charge on any atom is -0.481 e. The van der Waals surface area contributed by atoms with E-state index in [1.807, 2.05) is 0 Å². The molecule has 0 bridgehead atoms. The second-order valence-corrected chi connectivity index (χ2v) is 5.43. The van der Waals surface area contributed by atoms with Gasteiger partial charge in [0.15, 0.2) is 16.9 Å². The first kappa shape index (κ1) is 16.3. The number of aromatic nitrogens is 4. The first-order chi connectivity index (χ1) is 11.3. The highest BCUT2D eigenvalue weighted by molar-refractivity contribution is 5.72. The number of nitrogens with zero attached hydrogens (tertiary/aromatic N) is 3. The number of hydrogen-bond donors (Lipinski definition) is 6. The van der Waals surface area contributed by atoms with Crippen molar-refractivity contribution in [1.29, 1.82) is 0 Å². The van der Waals surface area contributed by atoms with Crippen LogP contribution < -0.4 is 11.3 Å². The average Bonchev–Trinajstić information content (AvgIpc) is 3.02. The summed E-state index contributed by atoms with van der Waals surface area (Å²) in [5, 5.41) is 38.9. The molecule has 3 heterocycles. The second kappa shape index (κ2) is 5.52. The van der Waals surface area contributed by atoms with E-state index >= 15 is 0 Å². The lowest BCUT2D eigenvalue weighted by atomic mass is 9.99.